The molecule has 12 nitrogen and oxygen atoms in total. The van der Waals surface area contributed by atoms with Crippen LogP contribution in [0, 0.1) is 23.3 Å². The second-order valence-electron chi connectivity index (χ2n) is 11.8. The number of hydrogen-bond acceptors (Lipinski definition) is 10. The second kappa shape index (κ2) is 15.1. The van der Waals surface area contributed by atoms with Crippen LogP contribution in [0.2, 0.25) is 0 Å². The summed E-state index contributed by atoms with van der Waals surface area (Å²) in [5, 5.41) is 16.4. The summed E-state index contributed by atoms with van der Waals surface area (Å²) in [6, 6.07) is 16.1. The van der Waals surface area contributed by atoms with Gasteiger partial charge in [-0.1, -0.05) is 52.9 Å². The second-order valence-corrected chi connectivity index (χ2v) is 11.8. The van der Waals surface area contributed by atoms with Gasteiger partial charge in [0, 0.05) is 35.9 Å². The van der Waals surface area contributed by atoms with Crippen molar-refractivity contribution in [1.29, 1.82) is 0 Å². The number of ether oxygens (including phenoxy) is 6. The lowest BCUT2D eigenvalue weighted by atomic mass is 9.97. The third kappa shape index (κ3) is 7.75. The highest BCUT2D eigenvalue weighted by molar-refractivity contribution is 5.20. The summed E-state index contributed by atoms with van der Waals surface area (Å²) >= 11 is 0. The Morgan fingerprint density at radius 2 is 1.32 bits per heavy atom. The number of methoxy groups -OCH3 is 1. The number of fused-ring (bicyclic) bond motifs is 1. The van der Waals surface area contributed by atoms with Crippen LogP contribution in [0.1, 0.15) is 34.4 Å². The van der Waals surface area contributed by atoms with E-state index in [2.05, 4.69) is 20.6 Å². The average molecular weight is 697 g/mol. The molecule has 0 saturated carbocycles. The molecule has 5 aromatic rings. The Kier molecular flexibility index (Phi) is 10.3. The fraction of sp³-hybridized carbons (Fsp3) is 0.353. The van der Waals surface area contributed by atoms with Crippen molar-refractivity contribution in [3.05, 3.63) is 130 Å². The maximum Gasteiger partial charge on any atom is 0.186 e. The van der Waals surface area contributed by atoms with Gasteiger partial charge >= 0.3 is 0 Å². The van der Waals surface area contributed by atoms with E-state index in [9.17, 15) is 17.6 Å². The number of rotatable bonds is 12. The standard InChI is InChI=1S/C34H32F4N6O6/c1-45-34-32(47-18-26-16-44(42-40-26)14-22-8-10-24(36)12-28(22)38)31(30-29(49-34)19-48-33(50-30)20-5-3-2-4-6-20)46-17-25-15-43(41-39-25)13-21-7-9-23(35)11-27(21)37/h2-12,15-16,29-34H,13-14,17-19H2,1H3. The lowest BCUT2D eigenvalue weighted by Gasteiger charge is -2.48. The lowest BCUT2D eigenvalue weighted by Crippen LogP contribution is -2.63. The first-order chi connectivity index (χ1) is 24.3. The summed E-state index contributed by atoms with van der Waals surface area (Å²) in [7, 11) is 1.48. The molecule has 0 aliphatic carbocycles. The Bertz CT molecular complexity index is 1900. The van der Waals surface area contributed by atoms with Crippen molar-refractivity contribution in [3.63, 3.8) is 0 Å². The summed E-state index contributed by atoms with van der Waals surface area (Å²) in [5.41, 5.74) is 2.16. The fourth-order valence-corrected chi connectivity index (χ4v) is 5.86. The SMILES string of the molecule is COC1OC2COC(c3ccccc3)OC2C(OCc2cn(Cc3ccc(F)cc3F)nn2)C1OCc1cn(Cc2ccc(F)cc2F)nn1. The summed E-state index contributed by atoms with van der Waals surface area (Å²) in [4.78, 5) is 0. The molecule has 7 rings (SSSR count). The highest BCUT2D eigenvalue weighted by atomic mass is 19.1. The molecular weight excluding hydrogens is 664 g/mol. The maximum absolute atomic E-state index is 14.3. The first-order valence-electron chi connectivity index (χ1n) is 15.7. The molecule has 3 aromatic carbocycles. The molecule has 2 saturated heterocycles. The number of benzene rings is 3. The van der Waals surface area contributed by atoms with Crippen molar-refractivity contribution in [2.24, 2.45) is 0 Å². The van der Waals surface area contributed by atoms with Crippen LogP contribution in [0.15, 0.2) is 79.1 Å². The average Bonchev–Trinajstić information content (AvgIpc) is 3.78. The lowest BCUT2D eigenvalue weighted by molar-refractivity contribution is -0.369. The minimum absolute atomic E-state index is 0.0320. The van der Waals surface area contributed by atoms with Gasteiger partial charge in [-0.2, -0.15) is 0 Å². The molecular formula is C34H32F4N6O6. The number of nitrogens with zero attached hydrogens (tertiary/aromatic N) is 6. The molecule has 0 radical (unpaired) electrons. The van der Waals surface area contributed by atoms with Gasteiger partial charge in [-0.05, 0) is 12.1 Å². The summed E-state index contributed by atoms with van der Waals surface area (Å²) in [6.45, 7) is 0.173. The summed E-state index contributed by atoms with van der Waals surface area (Å²) in [5.74, 6) is -2.73. The van der Waals surface area contributed by atoms with E-state index in [-0.39, 0.29) is 44.0 Å². The van der Waals surface area contributed by atoms with Crippen LogP contribution in [0.5, 0.6) is 0 Å². The highest BCUT2D eigenvalue weighted by Gasteiger charge is 2.51. The van der Waals surface area contributed by atoms with Crippen LogP contribution >= 0.6 is 0 Å². The Hall–Kier alpha value is -4.58. The van der Waals surface area contributed by atoms with E-state index < -0.39 is 60.3 Å². The molecule has 0 bridgehead atoms. The minimum atomic E-state index is -0.901. The quantitative estimate of drug-likeness (QED) is 0.173. The van der Waals surface area contributed by atoms with Crippen LogP contribution in [0.25, 0.3) is 0 Å². The smallest absolute Gasteiger partial charge is 0.186 e. The third-order valence-corrected chi connectivity index (χ3v) is 8.30. The van der Waals surface area contributed by atoms with E-state index in [1.54, 1.807) is 12.4 Å². The minimum Gasteiger partial charge on any atom is -0.366 e. The Balaban J connectivity index is 1.08. The number of hydrogen-bond donors (Lipinski definition) is 0. The van der Waals surface area contributed by atoms with E-state index in [0.717, 1.165) is 17.7 Å². The molecule has 4 heterocycles. The van der Waals surface area contributed by atoms with Gasteiger partial charge in [-0.25, -0.2) is 26.9 Å². The van der Waals surface area contributed by atoms with Crippen LogP contribution in [0.3, 0.4) is 0 Å². The van der Waals surface area contributed by atoms with Gasteiger partial charge in [0.25, 0.3) is 0 Å². The maximum atomic E-state index is 14.3. The third-order valence-electron chi connectivity index (χ3n) is 8.30. The normalized spacial score (nSPS) is 23.5. The zero-order valence-corrected chi connectivity index (χ0v) is 26.6. The van der Waals surface area contributed by atoms with Crippen molar-refractivity contribution < 1.29 is 46.0 Å². The summed E-state index contributed by atoms with van der Waals surface area (Å²) in [6.07, 6.45) is -1.29. The monoisotopic (exact) mass is 696 g/mol. The Morgan fingerprint density at radius 3 is 1.88 bits per heavy atom. The highest BCUT2D eigenvalue weighted by Crippen LogP contribution is 2.37. The van der Waals surface area contributed by atoms with Gasteiger partial charge in [0.2, 0.25) is 0 Å². The van der Waals surface area contributed by atoms with E-state index >= 15 is 0 Å². The Morgan fingerprint density at radius 1 is 0.740 bits per heavy atom. The molecule has 262 valence electrons. The zero-order valence-electron chi connectivity index (χ0n) is 26.6. The van der Waals surface area contributed by atoms with Gasteiger partial charge in [-0.3, -0.25) is 0 Å². The van der Waals surface area contributed by atoms with Gasteiger partial charge in [0.05, 0.1) is 45.3 Å². The molecule has 0 amide bonds. The zero-order chi connectivity index (χ0) is 34.6. The summed E-state index contributed by atoms with van der Waals surface area (Å²) < 4.78 is 95.2. The van der Waals surface area contributed by atoms with E-state index in [1.807, 2.05) is 30.3 Å². The van der Waals surface area contributed by atoms with E-state index in [4.69, 9.17) is 28.4 Å². The van der Waals surface area contributed by atoms with Gasteiger partial charge in [0.15, 0.2) is 12.6 Å². The van der Waals surface area contributed by atoms with Crippen molar-refractivity contribution in [2.45, 2.75) is 63.3 Å². The van der Waals surface area contributed by atoms with E-state index in [1.165, 1.54) is 40.7 Å². The molecule has 2 aromatic heterocycles. The molecule has 2 aliphatic heterocycles. The molecule has 2 aliphatic rings. The van der Waals surface area contributed by atoms with E-state index in [0.29, 0.717) is 11.4 Å². The van der Waals surface area contributed by atoms with Crippen LogP contribution in [-0.2, 0) is 54.7 Å². The Labute approximate surface area is 283 Å². The number of aromatic nitrogens is 6. The predicted molar refractivity (Wildman–Crippen MR) is 164 cm³/mol. The van der Waals surface area contributed by atoms with Crippen molar-refractivity contribution in [1.82, 2.24) is 30.0 Å². The van der Waals surface area contributed by atoms with Gasteiger partial charge in [0.1, 0.15) is 59.1 Å². The molecule has 6 atom stereocenters. The molecule has 6 unspecified atom stereocenters. The van der Waals surface area contributed by atoms with Crippen LogP contribution < -0.4 is 0 Å². The number of halogens is 4. The molecule has 0 N–H and O–H groups in total. The molecule has 16 heteroatoms. The van der Waals surface area contributed by atoms with Crippen molar-refractivity contribution >= 4 is 0 Å². The van der Waals surface area contributed by atoms with Crippen molar-refractivity contribution in [2.75, 3.05) is 13.7 Å². The fourth-order valence-electron chi connectivity index (χ4n) is 5.86. The predicted octanol–water partition coefficient (Wildman–Crippen LogP) is 4.48. The first kappa shape index (κ1) is 33.9. The van der Waals surface area contributed by atoms with Crippen LogP contribution in [-0.4, -0.2) is 74.4 Å². The molecule has 50 heavy (non-hydrogen) atoms. The van der Waals surface area contributed by atoms with Crippen LogP contribution in [0.4, 0.5) is 17.6 Å². The molecule has 0 spiro atoms. The van der Waals surface area contributed by atoms with Crippen molar-refractivity contribution in [3.8, 4) is 0 Å². The largest absolute Gasteiger partial charge is 0.366 e. The topological polar surface area (TPSA) is 117 Å². The van der Waals surface area contributed by atoms with Gasteiger partial charge in [-0.15, -0.1) is 10.2 Å². The molecule has 2 fully saturated rings. The first-order valence-corrected chi connectivity index (χ1v) is 15.7. The van der Waals surface area contributed by atoms with Gasteiger partial charge < -0.3 is 28.4 Å².